The summed E-state index contributed by atoms with van der Waals surface area (Å²) in [5.41, 5.74) is 2.57. The van der Waals surface area contributed by atoms with Gasteiger partial charge in [0.2, 0.25) is 11.8 Å². The number of anilines is 1. The van der Waals surface area contributed by atoms with Crippen molar-refractivity contribution in [3.05, 3.63) is 57.7 Å². The van der Waals surface area contributed by atoms with Gasteiger partial charge in [-0.3, -0.25) is 9.59 Å². The van der Waals surface area contributed by atoms with Crippen molar-refractivity contribution in [3.8, 4) is 0 Å². The Morgan fingerprint density at radius 2 is 1.88 bits per heavy atom. The first-order valence-electron chi connectivity index (χ1n) is 13.9. The van der Waals surface area contributed by atoms with Gasteiger partial charge in [0, 0.05) is 69.5 Å². The number of hydrogen-bond acceptors (Lipinski definition) is 7. The summed E-state index contributed by atoms with van der Waals surface area (Å²) in [6, 6.07) is 2.05. The first-order chi connectivity index (χ1) is 19.5. The summed E-state index contributed by atoms with van der Waals surface area (Å²) in [4.78, 5) is 53.3. The van der Waals surface area contributed by atoms with Gasteiger partial charge < -0.3 is 24.8 Å². The smallest absolute Gasteiger partial charge is 0.320 e. The molecule has 11 heteroatoms. The number of nitrogens with zero attached hydrogens (tertiary/aromatic N) is 5. The number of nitrogens with one attached hydrogen (secondary N) is 1. The molecule has 2 fully saturated rings. The van der Waals surface area contributed by atoms with Crippen LogP contribution < -0.4 is 5.32 Å². The molecule has 0 radical (unpaired) electrons. The lowest BCUT2D eigenvalue weighted by Gasteiger charge is -2.44. The van der Waals surface area contributed by atoms with E-state index >= 15 is 0 Å². The predicted molar refractivity (Wildman–Crippen MR) is 152 cm³/mol. The highest BCUT2D eigenvalue weighted by atomic mass is 32.1. The van der Waals surface area contributed by atoms with Gasteiger partial charge in [-0.1, -0.05) is 11.6 Å². The Hall–Kier alpha value is -3.57. The number of hydrogen-bond donors (Lipinski definition) is 1. The third-order valence-corrected chi connectivity index (χ3v) is 9.18. The lowest BCUT2D eigenvalue weighted by atomic mass is 9.71. The molecule has 4 aliphatic rings. The van der Waals surface area contributed by atoms with Crippen LogP contribution in [0.3, 0.4) is 0 Å². The van der Waals surface area contributed by atoms with Crippen LogP contribution in [0.25, 0.3) is 6.08 Å². The monoisotopic (exact) mass is 562 g/mol. The maximum absolute atomic E-state index is 13.1. The van der Waals surface area contributed by atoms with Gasteiger partial charge in [0.25, 0.3) is 0 Å². The van der Waals surface area contributed by atoms with Crippen molar-refractivity contribution >= 4 is 41.1 Å². The number of likely N-dealkylation sites (tertiary alicyclic amines) is 1. The zero-order valence-electron chi connectivity index (χ0n) is 22.5. The minimum Gasteiger partial charge on any atom is -0.378 e. The predicted octanol–water partition coefficient (Wildman–Crippen LogP) is 2.98. The van der Waals surface area contributed by atoms with Gasteiger partial charge >= 0.3 is 6.03 Å². The minimum absolute atomic E-state index is 0.0168. The summed E-state index contributed by atoms with van der Waals surface area (Å²) in [6.07, 6.45) is 12.6. The number of piperidine rings is 1. The van der Waals surface area contributed by atoms with Crippen LogP contribution in [0.5, 0.6) is 0 Å². The second-order valence-corrected chi connectivity index (χ2v) is 11.9. The van der Waals surface area contributed by atoms with Gasteiger partial charge in [-0.05, 0) is 49.0 Å². The third-order valence-electron chi connectivity index (χ3n) is 8.40. The van der Waals surface area contributed by atoms with Crippen LogP contribution in [0, 0.1) is 5.41 Å². The van der Waals surface area contributed by atoms with Crippen LogP contribution >= 0.6 is 11.3 Å². The number of carbonyl (C=O) groups excluding carboxylic acids is 3. The van der Waals surface area contributed by atoms with E-state index in [0.29, 0.717) is 77.6 Å². The molecular formula is C29H34N6O4S. The molecule has 4 amide bonds. The number of pyridine rings is 1. The molecule has 210 valence electrons. The molecule has 0 unspecified atom stereocenters. The second kappa shape index (κ2) is 11.5. The summed E-state index contributed by atoms with van der Waals surface area (Å²) in [5.74, 6) is 0.543. The summed E-state index contributed by atoms with van der Waals surface area (Å²) in [6.45, 7) is 4.77. The molecule has 0 bridgehead atoms. The van der Waals surface area contributed by atoms with Gasteiger partial charge in [0.1, 0.15) is 5.82 Å². The molecular weight excluding hydrogens is 528 g/mol. The van der Waals surface area contributed by atoms with Crippen molar-refractivity contribution in [2.24, 2.45) is 5.41 Å². The van der Waals surface area contributed by atoms with Crippen LogP contribution in [0.1, 0.15) is 35.4 Å². The van der Waals surface area contributed by atoms with Gasteiger partial charge in [0.15, 0.2) is 0 Å². The lowest BCUT2D eigenvalue weighted by molar-refractivity contribution is -0.128. The number of urea groups is 1. The molecule has 0 aliphatic carbocycles. The number of fused-ring (bicyclic) bond motifs is 1. The van der Waals surface area contributed by atoms with Crippen LogP contribution in [-0.4, -0.2) is 95.0 Å². The van der Waals surface area contributed by atoms with E-state index in [4.69, 9.17) is 4.74 Å². The second-order valence-electron chi connectivity index (χ2n) is 10.9. The van der Waals surface area contributed by atoms with Crippen LogP contribution in [-0.2, 0) is 27.2 Å². The highest BCUT2D eigenvalue weighted by Gasteiger charge is 2.46. The first-order valence-corrected chi connectivity index (χ1v) is 14.8. The van der Waals surface area contributed by atoms with E-state index in [2.05, 4.69) is 21.4 Å². The van der Waals surface area contributed by atoms with E-state index < -0.39 is 5.41 Å². The number of amides is 4. The number of ether oxygens (including phenoxy) is 1. The minimum atomic E-state index is -0.550. The largest absolute Gasteiger partial charge is 0.378 e. The Balaban J connectivity index is 1.06. The van der Waals surface area contributed by atoms with Crippen molar-refractivity contribution in [2.75, 3.05) is 57.8 Å². The molecule has 2 saturated heterocycles. The van der Waals surface area contributed by atoms with Gasteiger partial charge in [-0.25, -0.2) is 14.8 Å². The van der Waals surface area contributed by atoms with E-state index in [1.807, 2.05) is 32.3 Å². The molecule has 0 aromatic carbocycles. The summed E-state index contributed by atoms with van der Waals surface area (Å²) < 4.78 is 5.36. The fraction of sp³-hybridized carbons (Fsp3) is 0.483. The number of rotatable bonds is 4. The van der Waals surface area contributed by atoms with Gasteiger partial charge in [-0.15, -0.1) is 11.3 Å². The van der Waals surface area contributed by atoms with Crippen molar-refractivity contribution in [3.63, 3.8) is 0 Å². The van der Waals surface area contributed by atoms with E-state index in [0.717, 1.165) is 29.0 Å². The maximum Gasteiger partial charge on any atom is 0.320 e. The Kier molecular flexibility index (Phi) is 7.66. The molecule has 1 spiro atoms. The number of morpholine rings is 1. The van der Waals surface area contributed by atoms with Crippen LogP contribution in [0.4, 0.5) is 10.6 Å². The Morgan fingerprint density at radius 1 is 1.07 bits per heavy atom. The Labute approximate surface area is 237 Å². The zero-order chi connectivity index (χ0) is 27.5. The highest BCUT2D eigenvalue weighted by molar-refractivity contribution is 7.09. The fourth-order valence-electron chi connectivity index (χ4n) is 5.92. The molecule has 4 aliphatic heterocycles. The van der Waals surface area contributed by atoms with E-state index in [1.54, 1.807) is 29.7 Å². The normalized spacial score (nSPS) is 20.9. The molecule has 0 saturated carbocycles. The first kappa shape index (κ1) is 26.6. The quantitative estimate of drug-likeness (QED) is 0.454. The SMILES string of the molecule is O=C(C=Cc1cnc2c(c1)CC1(CCN(C(=O)N3CCOCC3)CC1)C(=O)N2)N1CC=C(Cc2nccs2)CC1. The Morgan fingerprint density at radius 3 is 2.60 bits per heavy atom. The fourth-order valence-corrected chi connectivity index (χ4v) is 6.59. The maximum atomic E-state index is 13.1. The van der Waals surface area contributed by atoms with Crippen LogP contribution in [0.15, 0.2) is 41.6 Å². The molecule has 10 nitrogen and oxygen atoms in total. The molecule has 40 heavy (non-hydrogen) atoms. The molecule has 1 N–H and O–H groups in total. The van der Waals surface area contributed by atoms with E-state index in [9.17, 15) is 14.4 Å². The number of carbonyl (C=O) groups is 3. The molecule has 0 atom stereocenters. The average Bonchev–Trinajstić information content (AvgIpc) is 3.50. The van der Waals surface area contributed by atoms with Crippen LogP contribution in [0.2, 0.25) is 0 Å². The molecule has 2 aromatic rings. The number of aromatic nitrogens is 2. The van der Waals surface area contributed by atoms with Crippen molar-refractivity contribution < 1.29 is 19.1 Å². The molecule has 6 rings (SSSR count). The molecule has 6 heterocycles. The summed E-state index contributed by atoms with van der Waals surface area (Å²) >= 11 is 1.66. The summed E-state index contributed by atoms with van der Waals surface area (Å²) in [7, 11) is 0. The topological polar surface area (TPSA) is 108 Å². The van der Waals surface area contributed by atoms with Crippen molar-refractivity contribution in [1.29, 1.82) is 0 Å². The third kappa shape index (κ3) is 5.66. The molecule has 2 aromatic heterocycles. The number of thiazole rings is 1. The summed E-state index contributed by atoms with van der Waals surface area (Å²) in [5, 5.41) is 6.10. The lowest BCUT2D eigenvalue weighted by Crippen LogP contribution is -2.55. The van der Waals surface area contributed by atoms with E-state index in [-0.39, 0.29) is 17.8 Å². The average molecular weight is 563 g/mol. The van der Waals surface area contributed by atoms with Gasteiger partial charge in [0.05, 0.1) is 23.6 Å². The standard InChI is InChI=1S/C29H34N6O4S/c36-25(33-8-3-21(4-9-33)18-24-30-7-16-40-24)2-1-22-17-23-19-29(27(37)32-26(23)31-20-22)5-10-34(11-6-29)28(38)35-12-14-39-15-13-35/h1-3,7,16-17,20H,4-6,8-15,18-19H2,(H,31,32,37). The van der Waals surface area contributed by atoms with Crippen molar-refractivity contribution in [1.82, 2.24) is 24.7 Å². The van der Waals surface area contributed by atoms with Crippen molar-refractivity contribution in [2.45, 2.75) is 32.1 Å². The highest BCUT2D eigenvalue weighted by Crippen LogP contribution is 2.41. The zero-order valence-corrected chi connectivity index (χ0v) is 23.3. The van der Waals surface area contributed by atoms with Gasteiger partial charge in [-0.2, -0.15) is 0 Å². The van der Waals surface area contributed by atoms with E-state index in [1.165, 1.54) is 5.57 Å². The Bertz CT molecular complexity index is 1330.